The van der Waals surface area contributed by atoms with Gasteiger partial charge in [-0.1, -0.05) is 0 Å². The van der Waals surface area contributed by atoms with Crippen molar-refractivity contribution in [1.82, 2.24) is 10.2 Å². The number of hydrogen-bond acceptors (Lipinski definition) is 2. The highest BCUT2D eigenvalue weighted by Gasteiger charge is 2.22. The minimum Gasteiger partial charge on any atom is -0.313 e. The molecule has 1 unspecified atom stereocenters. The molecule has 1 atom stereocenters. The van der Waals surface area contributed by atoms with Gasteiger partial charge in [0.25, 0.3) is 0 Å². The van der Waals surface area contributed by atoms with E-state index in [1.54, 1.807) is 0 Å². The van der Waals surface area contributed by atoms with Crippen molar-refractivity contribution >= 4 is 0 Å². The van der Waals surface area contributed by atoms with E-state index in [2.05, 4.69) is 17.1 Å². The monoisotopic (exact) mass is 168 g/mol. The van der Waals surface area contributed by atoms with E-state index in [9.17, 15) is 0 Å². The lowest BCUT2D eigenvalue weighted by atomic mass is 10.2. The van der Waals surface area contributed by atoms with Gasteiger partial charge in [-0.05, 0) is 39.2 Å². The molecular formula is C10H20N2. The highest BCUT2D eigenvalue weighted by Crippen LogP contribution is 2.19. The van der Waals surface area contributed by atoms with Crippen LogP contribution in [0.4, 0.5) is 0 Å². The topological polar surface area (TPSA) is 15.3 Å². The van der Waals surface area contributed by atoms with Crippen LogP contribution in [0.5, 0.6) is 0 Å². The number of rotatable bonds is 4. The van der Waals surface area contributed by atoms with Crippen molar-refractivity contribution in [3.05, 3.63) is 0 Å². The summed E-state index contributed by atoms with van der Waals surface area (Å²) in [6.07, 6.45) is 5.64. The SMILES string of the molecule is CC1CCCN1CCNC1CC1. The molecule has 1 saturated heterocycles. The predicted molar refractivity (Wildman–Crippen MR) is 51.3 cm³/mol. The maximum absolute atomic E-state index is 3.56. The molecule has 0 amide bonds. The van der Waals surface area contributed by atoms with Crippen LogP contribution in [0.2, 0.25) is 0 Å². The smallest absolute Gasteiger partial charge is 0.0110 e. The van der Waals surface area contributed by atoms with Gasteiger partial charge in [0.15, 0.2) is 0 Å². The first kappa shape index (κ1) is 8.52. The minimum absolute atomic E-state index is 0.839. The van der Waals surface area contributed by atoms with E-state index in [1.807, 2.05) is 0 Å². The Kier molecular flexibility index (Phi) is 2.66. The van der Waals surface area contributed by atoms with Crippen molar-refractivity contribution in [3.63, 3.8) is 0 Å². The molecule has 1 saturated carbocycles. The fraction of sp³-hybridized carbons (Fsp3) is 1.00. The van der Waals surface area contributed by atoms with Crippen LogP contribution in [0.25, 0.3) is 0 Å². The lowest BCUT2D eigenvalue weighted by Gasteiger charge is -2.20. The van der Waals surface area contributed by atoms with E-state index in [0.717, 1.165) is 12.1 Å². The highest BCUT2D eigenvalue weighted by molar-refractivity contribution is 4.82. The zero-order valence-corrected chi connectivity index (χ0v) is 8.05. The normalized spacial score (nSPS) is 31.2. The Morgan fingerprint density at radius 1 is 1.33 bits per heavy atom. The molecule has 0 aromatic carbocycles. The molecule has 2 aliphatic rings. The quantitative estimate of drug-likeness (QED) is 0.679. The third-order valence-corrected chi connectivity index (χ3v) is 3.10. The van der Waals surface area contributed by atoms with Gasteiger partial charge in [-0.15, -0.1) is 0 Å². The summed E-state index contributed by atoms with van der Waals surface area (Å²) >= 11 is 0. The van der Waals surface area contributed by atoms with Gasteiger partial charge in [0.05, 0.1) is 0 Å². The van der Waals surface area contributed by atoms with Gasteiger partial charge < -0.3 is 5.32 Å². The van der Waals surface area contributed by atoms with Gasteiger partial charge in [-0.2, -0.15) is 0 Å². The Hall–Kier alpha value is -0.0800. The summed E-state index contributed by atoms with van der Waals surface area (Å²) < 4.78 is 0. The summed E-state index contributed by atoms with van der Waals surface area (Å²) in [4.78, 5) is 2.61. The van der Waals surface area contributed by atoms with Gasteiger partial charge in [0.2, 0.25) is 0 Å². The number of nitrogens with zero attached hydrogens (tertiary/aromatic N) is 1. The Morgan fingerprint density at radius 3 is 2.75 bits per heavy atom. The van der Waals surface area contributed by atoms with Gasteiger partial charge in [0, 0.05) is 25.2 Å². The van der Waals surface area contributed by atoms with Crippen LogP contribution in [-0.4, -0.2) is 36.6 Å². The zero-order chi connectivity index (χ0) is 8.39. The van der Waals surface area contributed by atoms with Crippen molar-refractivity contribution in [3.8, 4) is 0 Å². The Labute approximate surface area is 75.3 Å². The predicted octanol–water partition coefficient (Wildman–Crippen LogP) is 1.22. The summed E-state index contributed by atoms with van der Waals surface area (Å²) in [5, 5.41) is 3.56. The van der Waals surface area contributed by atoms with Gasteiger partial charge in [0.1, 0.15) is 0 Å². The molecule has 2 nitrogen and oxygen atoms in total. The second-order valence-electron chi connectivity index (χ2n) is 4.26. The van der Waals surface area contributed by atoms with Crippen molar-refractivity contribution in [2.75, 3.05) is 19.6 Å². The van der Waals surface area contributed by atoms with Crippen LogP contribution in [0.1, 0.15) is 32.6 Å². The second-order valence-corrected chi connectivity index (χ2v) is 4.26. The zero-order valence-electron chi connectivity index (χ0n) is 8.05. The molecule has 70 valence electrons. The van der Waals surface area contributed by atoms with Crippen molar-refractivity contribution in [1.29, 1.82) is 0 Å². The molecule has 1 N–H and O–H groups in total. The van der Waals surface area contributed by atoms with Gasteiger partial charge in [-0.3, -0.25) is 4.90 Å². The molecule has 2 rings (SSSR count). The van der Waals surface area contributed by atoms with Gasteiger partial charge in [-0.25, -0.2) is 0 Å². The van der Waals surface area contributed by atoms with Crippen LogP contribution in [0, 0.1) is 0 Å². The molecule has 2 heteroatoms. The molecule has 0 radical (unpaired) electrons. The van der Waals surface area contributed by atoms with E-state index in [0.29, 0.717) is 0 Å². The third-order valence-electron chi connectivity index (χ3n) is 3.10. The largest absolute Gasteiger partial charge is 0.313 e. The molecule has 0 aromatic heterocycles. The molecule has 2 fully saturated rings. The summed E-state index contributed by atoms with van der Waals surface area (Å²) in [5.74, 6) is 0. The van der Waals surface area contributed by atoms with Crippen molar-refractivity contribution < 1.29 is 0 Å². The molecule has 1 aliphatic heterocycles. The summed E-state index contributed by atoms with van der Waals surface area (Å²) in [6, 6.07) is 1.72. The van der Waals surface area contributed by atoms with E-state index in [-0.39, 0.29) is 0 Å². The molecule has 1 aliphatic carbocycles. The molecular weight excluding hydrogens is 148 g/mol. The molecule has 1 heterocycles. The fourth-order valence-corrected chi connectivity index (χ4v) is 2.02. The van der Waals surface area contributed by atoms with Crippen LogP contribution in [0.15, 0.2) is 0 Å². The number of hydrogen-bond donors (Lipinski definition) is 1. The van der Waals surface area contributed by atoms with E-state index in [4.69, 9.17) is 0 Å². The Balaban J connectivity index is 1.58. The summed E-state index contributed by atoms with van der Waals surface area (Å²) in [6.45, 7) is 6.14. The van der Waals surface area contributed by atoms with E-state index in [1.165, 1.54) is 45.3 Å². The van der Waals surface area contributed by atoms with E-state index < -0.39 is 0 Å². The average Bonchev–Trinajstić information content (AvgIpc) is 2.78. The van der Waals surface area contributed by atoms with Crippen molar-refractivity contribution in [2.24, 2.45) is 0 Å². The maximum atomic E-state index is 3.56. The third kappa shape index (κ3) is 2.20. The van der Waals surface area contributed by atoms with Crippen LogP contribution >= 0.6 is 0 Å². The van der Waals surface area contributed by atoms with Crippen LogP contribution < -0.4 is 5.32 Å². The highest BCUT2D eigenvalue weighted by atomic mass is 15.2. The van der Waals surface area contributed by atoms with Crippen LogP contribution in [0.3, 0.4) is 0 Å². The van der Waals surface area contributed by atoms with E-state index >= 15 is 0 Å². The minimum atomic E-state index is 0.839. The van der Waals surface area contributed by atoms with Gasteiger partial charge >= 0.3 is 0 Å². The first-order chi connectivity index (χ1) is 5.86. The Morgan fingerprint density at radius 2 is 2.17 bits per heavy atom. The molecule has 0 spiro atoms. The first-order valence-corrected chi connectivity index (χ1v) is 5.33. The standard InChI is InChI=1S/C10H20N2/c1-9-3-2-7-12(9)8-6-11-10-4-5-10/h9-11H,2-8H2,1H3. The van der Waals surface area contributed by atoms with Crippen molar-refractivity contribution in [2.45, 2.75) is 44.7 Å². The maximum Gasteiger partial charge on any atom is 0.0110 e. The first-order valence-electron chi connectivity index (χ1n) is 5.33. The molecule has 0 bridgehead atoms. The molecule has 12 heavy (non-hydrogen) atoms. The second kappa shape index (κ2) is 3.75. The number of likely N-dealkylation sites (tertiary alicyclic amines) is 1. The summed E-state index contributed by atoms with van der Waals surface area (Å²) in [7, 11) is 0. The molecule has 0 aromatic rings. The fourth-order valence-electron chi connectivity index (χ4n) is 2.02. The number of nitrogens with one attached hydrogen (secondary N) is 1. The lowest BCUT2D eigenvalue weighted by molar-refractivity contribution is 0.268. The summed E-state index contributed by atoms with van der Waals surface area (Å²) in [5.41, 5.74) is 0. The average molecular weight is 168 g/mol. The Bertz CT molecular complexity index is 143. The van der Waals surface area contributed by atoms with Crippen LogP contribution in [-0.2, 0) is 0 Å². The lowest BCUT2D eigenvalue weighted by Crippen LogP contribution is -2.34.